The molecule has 0 saturated carbocycles. The van der Waals surface area contributed by atoms with Crippen LogP contribution in [0.2, 0.25) is 0 Å². The summed E-state index contributed by atoms with van der Waals surface area (Å²) < 4.78 is 0. The summed E-state index contributed by atoms with van der Waals surface area (Å²) in [6, 6.07) is 67.4. The third-order valence-electron chi connectivity index (χ3n) is 10.7. The van der Waals surface area contributed by atoms with E-state index in [2.05, 4.69) is 182 Å². The molecule has 0 bridgehead atoms. The predicted molar refractivity (Wildman–Crippen MR) is 214 cm³/mol. The topological polar surface area (TPSA) is 0 Å². The Morgan fingerprint density at radius 2 is 0.780 bits per heavy atom. The fourth-order valence-electron chi connectivity index (χ4n) is 8.39. The molecule has 0 radical (unpaired) electrons. The van der Waals surface area contributed by atoms with E-state index < -0.39 is 0 Å². The summed E-state index contributed by atoms with van der Waals surface area (Å²) in [6.45, 7) is 0. The summed E-state index contributed by atoms with van der Waals surface area (Å²) in [7, 11) is 0. The van der Waals surface area contributed by atoms with Crippen LogP contribution in [0.3, 0.4) is 0 Å². The first-order chi connectivity index (χ1) is 24.8. The lowest BCUT2D eigenvalue weighted by Gasteiger charge is -2.22. The Morgan fingerprint density at radius 3 is 1.52 bits per heavy atom. The maximum Gasteiger partial charge on any atom is -0.00201 e. The largest absolute Gasteiger partial charge is 0.0622 e. The van der Waals surface area contributed by atoms with E-state index in [9.17, 15) is 0 Å². The SMILES string of the molecule is c1ccc(-c2ccccc2-c2c3ccccc3c(-c3cccc(-c4ccc5c(c4)-c4cc6ccccc6cc4CC5)c3)c3ccccc23)cc1. The van der Waals surface area contributed by atoms with Gasteiger partial charge in [0.1, 0.15) is 0 Å². The molecular weight excluding hydrogens is 601 g/mol. The molecule has 9 aromatic carbocycles. The third-order valence-corrected chi connectivity index (χ3v) is 10.7. The standard InChI is InChI=1S/C50H34/c1-2-13-33(14-3-1)41-19-6-7-20-42(41)50-45-23-10-8-21-43(45)49(44-22-9-11-24-46(44)50)40-18-12-17-36(30-40)38-27-25-34-26-28-39-29-35-15-4-5-16-37(35)31-48(39)47(34)32-38/h1-25,27,29-32H,26,28H2. The Balaban J connectivity index is 1.16. The Labute approximate surface area is 292 Å². The molecule has 0 aromatic heterocycles. The third kappa shape index (κ3) is 4.68. The van der Waals surface area contributed by atoms with Crippen molar-refractivity contribution in [3.8, 4) is 55.6 Å². The molecule has 1 aliphatic carbocycles. The van der Waals surface area contributed by atoms with Crippen LogP contribution in [0.4, 0.5) is 0 Å². The zero-order valence-electron chi connectivity index (χ0n) is 27.7. The van der Waals surface area contributed by atoms with E-state index in [1.54, 1.807) is 0 Å². The first kappa shape index (κ1) is 28.7. The minimum Gasteiger partial charge on any atom is -0.0622 e. The molecular formula is C50H34. The van der Waals surface area contributed by atoms with Gasteiger partial charge in [0, 0.05) is 0 Å². The maximum absolute atomic E-state index is 2.43. The van der Waals surface area contributed by atoms with Crippen molar-refractivity contribution < 1.29 is 0 Å². The second kappa shape index (κ2) is 11.7. The van der Waals surface area contributed by atoms with Crippen LogP contribution in [-0.4, -0.2) is 0 Å². The van der Waals surface area contributed by atoms with E-state index in [4.69, 9.17) is 0 Å². The lowest BCUT2D eigenvalue weighted by atomic mass is 9.82. The molecule has 0 unspecified atom stereocenters. The van der Waals surface area contributed by atoms with Gasteiger partial charge >= 0.3 is 0 Å². The van der Waals surface area contributed by atoms with Crippen LogP contribution >= 0.6 is 0 Å². The van der Waals surface area contributed by atoms with Crippen LogP contribution in [0.1, 0.15) is 11.1 Å². The molecule has 0 N–H and O–H groups in total. The molecule has 10 rings (SSSR count). The molecule has 234 valence electrons. The summed E-state index contributed by atoms with van der Waals surface area (Å²) in [6.07, 6.45) is 2.17. The normalized spacial score (nSPS) is 12.2. The van der Waals surface area contributed by atoms with Gasteiger partial charge in [-0.25, -0.2) is 0 Å². The minimum absolute atomic E-state index is 1.08. The molecule has 0 heterocycles. The van der Waals surface area contributed by atoms with Crippen LogP contribution in [0.25, 0.3) is 88.0 Å². The van der Waals surface area contributed by atoms with E-state index >= 15 is 0 Å². The highest BCUT2D eigenvalue weighted by molar-refractivity contribution is 6.22. The molecule has 0 heteroatoms. The van der Waals surface area contributed by atoms with Gasteiger partial charge < -0.3 is 0 Å². The van der Waals surface area contributed by atoms with E-state index in [1.807, 2.05) is 0 Å². The number of hydrogen-bond acceptors (Lipinski definition) is 0. The van der Waals surface area contributed by atoms with Crippen LogP contribution in [-0.2, 0) is 12.8 Å². The highest BCUT2D eigenvalue weighted by Gasteiger charge is 2.20. The van der Waals surface area contributed by atoms with Gasteiger partial charge in [-0.15, -0.1) is 0 Å². The fourth-order valence-corrected chi connectivity index (χ4v) is 8.39. The molecule has 0 saturated heterocycles. The van der Waals surface area contributed by atoms with Gasteiger partial charge in [0.2, 0.25) is 0 Å². The van der Waals surface area contributed by atoms with Crippen molar-refractivity contribution >= 4 is 32.3 Å². The van der Waals surface area contributed by atoms with Crippen LogP contribution in [0.5, 0.6) is 0 Å². The average molecular weight is 635 g/mol. The molecule has 0 aliphatic heterocycles. The van der Waals surface area contributed by atoms with E-state index in [0.717, 1.165) is 12.8 Å². The Hall–Kier alpha value is -6.24. The van der Waals surface area contributed by atoms with Crippen molar-refractivity contribution in [1.82, 2.24) is 0 Å². The van der Waals surface area contributed by atoms with Crippen molar-refractivity contribution in [1.29, 1.82) is 0 Å². The van der Waals surface area contributed by atoms with Crippen LogP contribution in [0.15, 0.2) is 182 Å². The fraction of sp³-hybridized carbons (Fsp3) is 0.0400. The quantitative estimate of drug-likeness (QED) is 0.169. The first-order valence-corrected chi connectivity index (χ1v) is 17.6. The van der Waals surface area contributed by atoms with Gasteiger partial charge in [0.15, 0.2) is 0 Å². The molecule has 0 fully saturated rings. The van der Waals surface area contributed by atoms with Crippen LogP contribution in [0, 0.1) is 0 Å². The Bertz CT molecular complexity index is 2690. The molecule has 1 aliphatic rings. The number of aryl methyl sites for hydroxylation is 2. The molecule has 50 heavy (non-hydrogen) atoms. The van der Waals surface area contributed by atoms with Gasteiger partial charge in [0.25, 0.3) is 0 Å². The number of rotatable bonds is 4. The lowest BCUT2D eigenvalue weighted by molar-refractivity contribution is 0.944. The minimum atomic E-state index is 1.08. The lowest BCUT2D eigenvalue weighted by Crippen LogP contribution is -2.04. The molecule has 0 atom stereocenters. The zero-order valence-corrected chi connectivity index (χ0v) is 27.7. The van der Waals surface area contributed by atoms with Gasteiger partial charge in [0.05, 0.1) is 0 Å². The van der Waals surface area contributed by atoms with E-state index in [0.29, 0.717) is 0 Å². The summed E-state index contributed by atoms with van der Waals surface area (Å²) in [5.41, 5.74) is 15.7. The second-order valence-corrected chi connectivity index (χ2v) is 13.6. The summed E-state index contributed by atoms with van der Waals surface area (Å²) in [5, 5.41) is 7.72. The van der Waals surface area contributed by atoms with Gasteiger partial charge in [-0.05, 0) is 130 Å². The highest BCUT2D eigenvalue weighted by atomic mass is 14.2. The summed E-state index contributed by atoms with van der Waals surface area (Å²) in [5.74, 6) is 0. The van der Waals surface area contributed by atoms with Crippen molar-refractivity contribution in [2.24, 2.45) is 0 Å². The van der Waals surface area contributed by atoms with Gasteiger partial charge in [-0.2, -0.15) is 0 Å². The average Bonchev–Trinajstić information content (AvgIpc) is 3.19. The Morgan fingerprint density at radius 1 is 0.260 bits per heavy atom. The predicted octanol–water partition coefficient (Wildman–Crippen LogP) is 13.6. The number of hydrogen-bond donors (Lipinski definition) is 0. The summed E-state index contributed by atoms with van der Waals surface area (Å²) >= 11 is 0. The smallest absolute Gasteiger partial charge is 0.00201 e. The number of benzene rings is 9. The second-order valence-electron chi connectivity index (χ2n) is 13.6. The van der Waals surface area contributed by atoms with Crippen molar-refractivity contribution in [2.45, 2.75) is 12.8 Å². The highest BCUT2D eigenvalue weighted by Crippen LogP contribution is 2.47. The molecule has 9 aromatic rings. The van der Waals surface area contributed by atoms with Crippen molar-refractivity contribution in [2.75, 3.05) is 0 Å². The molecule has 0 amide bonds. The Kier molecular flexibility index (Phi) is 6.74. The summed E-state index contributed by atoms with van der Waals surface area (Å²) in [4.78, 5) is 0. The monoisotopic (exact) mass is 634 g/mol. The van der Waals surface area contributed by atoms with E-state index in [-0.39, 0.29) is 0 Å². The maximum atomic E-state index is 2.43. The van der Waals surface area contributed by atoms with Gasteiger partial charge in [-0.3, -0.25) is 0 Å². The first-order valence-electron chi connectivity index (χ1n) is 17.6. The van der Waals surface area contributed by atoms with Crippen molar-refractivity contribution in [3.05, 3.63) is 193 Å². The number of fused-ring (bicyclic) bond motifs is 6. The molecule has 0 nitrogen and oxygen atoms in total. The van der Waals surface area contributed by atoms with Crippen LogP contribution < -0.4 is 0 Å². The van der Waals surface area contributed by atoms with Crippen molar-refractivity contribution in [3.63, 3.8) is 0 Å². The molecule has 0 spiro atoms. The zero-order chi connectivity index (χ0) is 33.0. The van der Waals surface area contributed by atoms with E-state index in [1.165, 1.54) is 99.1 Å². The van der Waals surface area contributed by atoms with Gasteiger partial charge in [-0.1, -0.05) is 164 Å².